The lowest BCUT2D eigenvalue weighted by Crippen LogP contribution is -2.46. The van der Waals surface area contributed by atoms with Crippen LogP contribution in [0.3, 0.4) is 0 Å². The fraction of sp³-hybridized carbons (Fsp3) is 0.238. The molecule has 1 fully saturated rings. The fourth-order valence-corrected chi connectivity index (χ4v) is 4.58. The second-order valence-corrected chi connectivity index (χ2v) is 8.28. The third kappa shape index (κ3) is 2.96. The largest absolute Gasteiger partial charge is 0.369 e. The van der Waals surface area contributed by atoms with Crippen LogP contribution in [0.1, 0.15) is 35.1 Å². The Balaban J connectivity index is 1.55. The minimum atomic E-state index is -0.335. The van der Waals surface area contributed by atoms with E-state index in [9.17, 15) is 9.59 Å². The van der Waals surface area contributed by atoms with E-state index in [0.717, 1.165) is 0 Å². The molecule has 11 nitrogen and oxygen atoms in total. The predicted molar refractivity (Wildman–Crippen MR) is 122 cm³/mol. The average molecular weight is 464 g/mol. The normalized spacial score (nSPS) is 17.5. The van der Waals surface area contributed by atoms with Crippen molar-refractivity contribution in [3.05, 3.63) is 63.4 Å². The van der Waals surface area contributed by atoms with Gasteiger partial charge in [0.05, 0.1) is 11.1 Å². The number of nitrogens with zero attached hydrogens (tertiary/aromatic N) is 7. The van der Waals surface area contributed by atoms with Gasteiger partial charge in [-0.15, -0.1) is 0 Å². The van der Waals surface area contributed by atoms with Crippen LogP contribution in [0.2, 0.25) is 5.02 Å². The Kier molecular flexibility index (Phi) is 4.34. The second kappa shape index (κ2) is 7.27. The molecule has 0 bridgehead atoms. The van der Waals surface area contributed by atoms with Crippen LogP contribution in [0.5, 0.6) is 0 Å². The van der Waals surface area contributed by atoms with Crippen LogP contribution in [0, 0.1) is 0 Å². The lowest BCUT2D eigenvalue weighted by atomic mass is 9.98. The third-order valence-electron chi connectivity index (χ3n) is 5.96. The molecule has 0 saturated carbocycles. The number of fused-ring (bicyclic) bond motifs is 2. The molecule has 1 atom stereocenters. The summed E-state index contributed by atoms with van der Waals surface area (Å²) >= 11 is 6.27. The summed E-state index contributed by atoms with van der Waals surface area (Å²) in [6.07, 6.45) is 4.29. The molecule has 166 valence electrons. The van der Waals surface area contributed by atoms with Crippen molar-refractivity contribution < 1.29 is 4.79 Å². The maximum atomic E-state index is 13.5. The summed E-state index contributed by atoms with van der Waals surface area (Å²) in [5.41, 5.74) is 6.30. The molecular weight excluding hydrogens is 446 g/mol. The summed E-state index contributed by atoms with van der Waals surface area (Å²) in [7, 11) is 0. The maximum absolute atomic E-state index is 13.5. The van der Waals surface area contributed by atoms with E-state index in [1.54, 1.807) is 36.7 Å². The molecule has 0 unspecified atom stereocenters. The number of rotatable bonds is 3. The van der Waals surface area contributed by atoms with Gasteiger partial charge >= 0.3 is 0 Å². The number of nitrogen functional groups attached to an aromatic ring is 1. The molecule has 0 radical (unpaired) electrons. The molecule has 6 rings (SSSR count). The molecular formula is C21H18ClN9O2. The Morgan fingerprint density at radius 2 is 2.06 bits per heavy atom. The quantitative estimate of drug-likeness (QED) is 0.466. The van der Waals surface area contributed by atoms with Gasteiger partial charge in [-0.05, 0) is 24.6 Å². The van der Waals surface area contributed by atoms with E-state index in [-0.39, 0.29) is 28.8 Å². The number of halogens is 1. The van der Waals surface area contributed by atoms with Gasteiger partial charge in [-0.25, -0.2) is 14.1 Å². The van der Waals surface area contributed by atoms with Crippen LogP contribution >= 0.6 is 11.6 Å². The number of hydrogen-bond acceptors (Lipinski definition) is 9. The maximum Gasteiger partial charge on any atom is 0.285 e. The topological polar surface area (TPSA) is 136 Å². The van der Waals surface area contributed by atoms with E-state index in [1.165, 1.54) is 9.08 Å². The number of carbonyl (C=O) groups is 1. The van der Waals surface area contributed by atoms with Gasteiger partial charge in [0.2, 0.25) is 5.95 Å². The number of carbonyl (C=O) groups excluding carboxylic acids is 1. The van der Waals surface area contributed by atoms with Crippen molar-refractivity contribution in [2.24, 2.45) is 0 Å². The van der Waals surface area contributed by atoms with Crippen LogP contribution in [0.25, 0.3) is 11.3 Å². The van der Waals surface area contributed by atoms with Crippen molar-refractivity contribution in [3.8, 4) is 5.82 Å². The third-order valence-corrected chi connectivity index (χ3v) is 6.27. The molecule has 0 aromatic carbocycles. The Bertz CT molecular complexity index is 1480. The first-order chi connectivity index (χ1) is 16.0. The van der Waals surface area contributed by atoms with E-state index in [2.05, 4.69) is 20.3 Å². The summed E-state index contributed by atoms with van der Waals surface area (Å²) in [5.74, 6) is 1.79. The Morgan fingerprint density at radius 3 is 2.82 bits per heavy atom. The summed E-state index contributed by atoms with van der Waals surface area (Å²) in [6, 6.07) is 6.60. The van der Waals surface area contributed by atoms with Gasteiger partial charge in [-0.3, -0.25) is 9.59 Å². The molecule has 4 aromatic rings. The fourth-order valence-electron chi connectivity index (χ4n) is 4.36. The van der Waals surface area contributed by atoms with E-state index in [4.69, 9.17) is 22.4 Å². The standard InChI is InChI=1S/C21H18ClN9O2/c22-11-5-10-30-16(11)20(33)31(14-3-1-2-7-24-14)18(28-30)12-6-9-29(12)19-15-13(32)4-8-25-17(15)26-21(23)27-19/h1-3,5,7,10,12H,4,6,8-9H2,(H3,23,25,26,27)/t12-/m0/s1. The number of ketones is 1. The van der Waals surface area contributed by atoms with E-state index < -0.39 is 0 Å². The highest BCUT2D eigenvalue weighted by Crippen LogP contribution is 2.40. The average Bonchev–Trinajstić information content (AvgIpc) is 3.14. The lowest BCUT2D eigenvalue weighted by molar-refractivity contribution is 0.0983. The van der Waals surface area contributed by atoms with Gasteiger partial charge in [-0.2, -0.15) is 15.1 Å². The molecule has 33 heavy (non-hydrogen) atoms. The molecule has 0 aliphatic carbocycles. The Hall–Kier alpha value is -3.99. The SMILES string of the molecule is Nc1nc2c(c(N3CC[C@H]3c3nn4ccc(Cl)c4c(=O)n3-c3ccccn3)n1)C(=O)CCN2. The lowest BCUT2D eigenvalue weighted by Gasteiger charge is -2.42. The van der Waals surface area contributed by atoms with Crippen LogP contribution < -0.4 is 21.5 Å². The number of hydrogen-bond donors (Lipinski definition) is 2. The summed E-state index contributed by atoms with van der Waals surface area (Å²) in [5, 5.41) is 8.16. The smallest absolute Gasteiger partial charge is 0.285 e. The van der Waals surface area contributed by atoms with Gasteiger partial charge in [0.15, 0.2) is 11.6 Å². The van der Waals surface area contributed by atoms with E-state index in [1.807, 2.05) is 4.90 Å². The monoisotopic (exact) mass is 463 g/mol. The minimum Gasteiger partial charge on any atom is -0.369 e. The molecule has 2 aliphatic rings. The highest BCUT2D eigenvalue weighted by molar-refractivity contribution is 6.33. The van der Waals surface area contributed by atoms with Crippen molar-refractivity contribution in [3.63, 3.8) is 0 Å². The molecule has 6 heterocycles. The number of anilines is 3. The Morgan fingerprint density at radius 1 is 1.18 bits per heavy atom. The molecule has 4 aromatic heterocycles. The second-order valence-electron chi connectivity index (χ2n) is 7.87. The number of nitrogens with two attached hydrogens (primary N) is 1. The van der Waals surface area contributed by atoms with Gasteiger partial charge in [0.25, 0.3) is 5.56 Å². The van der Waals surface area contributed by atoms with Crippen molar-refractivity contribution in [2.45, 2.75) is 18.9 Å². The zero-order chi connectivity index (χ0) is 22.7. The van der Waals surface area contributed by atoms with Crippen LogP contribution in [-0.2, 0) is 0 Å². The summed E-state index contributed by atoms with van der Waals surface area (Å²) in [6.45, 7) is 1.11. The number of pyridine rings is 1. The van der Waals surface area contributed by atoms with Crippen molar-refractivity contribution in [1.82, 2.24) is 29.1 Å². The molecule has 12 heteroatoms. The van der Waals surface area contributed by atoms with Gasteiger partial charge in [0.1, 0.15) is 28.5 Å². The first-order valence-corrected chi connectivity index (χ1v) is 10.8. The number of nitrogens with one attached hydrogen (secondary N) is 1. The summed E-state index contributed by atoms with van der Waals surface area (Å²) < 4.78 is 2.95. The molecule has 0 spiro atoms. The van der Waals surface area contributed by atoms with E-state index in [0.29, 0.717) is 59.8 Å². The summed E-state index contributed by atoms with van der Waals surface area (Å²) in [4.78, 5) is 41.1. The zero-order valence-corrected chi connectivity index (χ0v) is 18.0. The van der Waals surface area contributed by atoms with Crippen LogP contribution in [0.15, 0.2) is 41.5 Å². The van der Waals surface area contributed by atoms with Gasteiger partial charge in [-0.1, -0.05) is 17.7 Å². The predicted octanol–water partition coefficient (Wildman–Crippen LogP) is 1.86. The highest BCUT2D eigenvalue weighted by Gasteiger charge is 2.39. The Labute approximate surface area is 191 Å². The first kappa shape index (κ1) is 19.7. The minimum absolute atomic E-state index is 0.0490. The van der Waals surface area contributed by atoms with E-state index >= 15 is 0 Å². The van der Waals surface area contributed by atoms with Crippen LogP contribution in [0.4, 0.5) is 17.6 Å². The number of Topliss-reactive ketones (excluding diaryl/α,β-unsaturated/α-hetero) is 1. The molecule has 2 aliphatic heterocycles. The number of aromatic nitrogens is 6. The van der Waals surface area contributed by atoms with Gasteiger partial charge in [0, 0.05) is 31.9 Å². The molecule has 1 saturated heterocycles. The van der Waals surface area contributed by atoms with Crippen LogP contribution in [-0.4, -0.2) is 48.0 Å². The van der Waals surface area contributed by atoms with Crippen molar-refractivity contribution in [2.75, 3.05) is 29.0 Å². The first-order valence-electron chi connectivity index (χ1n) is 10.5. The van der Waals surface area contributed by atoms with Crippen molar-refractivity contribution >= 4 is 40.5 Å². The highest BCUT2D eigenvalue weighted by atomic mass is 35.5. The van der Waals surface area contributed by atoms with Crippen molar-refractivity contribution in [1.29, 1.82) is 0 Å². The molecule has 3 N–H and O–H groups in total. The zero-order valence-electron chi connectivity index (χ0n) is 17.3. The van der Waals surface area contributed by atoms with Gasteiger partial charge < -0.3 is 16.0 Å². The molecule has 0 amide bonds.